The van der Waals surface area contributed by atoms with Crippen LogP contribution in [0.2, 0.25) is 0 Å². The largest absolute Gasteiger partial charge is 0.496 e. The summed E-state index contributed by atoms with van der Waals surface area (Å²) in [6, 6.07) is 0. The molecule has 104 valence electrons. The minimum absolute atomic E-state index is 0.0926. The van der Waals surface area contributed by atoms with Gasteiger partial charge in [-0.15, -0.1) is 0 Å². The van der Waals surface area contributed by atoms with Gasteiger partial charge in [0.1, 0.15) is 11.9 Å². The first kappa shape index (κ1) is 16.8. The van der Waals surface area contributed by atoms with E-state index >= 15 is 0 Å². The Morgan fingerprint density at radius 2 is 1.89 bits per heavy atom. The van der Waals surface area contributed by atoms with Gasteiger partial charge in [-0.1, -0.05) is 20.1 Å². The lowest BCUT2D eigenvalue weighted by molar-refractivity contribution is -0.117. The zero-order valence-corrected chi connectivity index (χ0v) is 12.2. The number of allylic oxidation sites excluding steroid dienone is 1. The van der Waals surface area contributed by atoms with E-state index in [9.17, 15) is 4.79 Å². The van der Waals surface area contributed by atoms with Gasteiger partial charge in [-0.25, -0.2) is 0 Å². The molecule has 0 bridgehead atoms. The minimum Gasteiger partial charge on any atom is -0.496 e. The van der Waals surface area contributed by atoms with E-state index in [1.54, 1.807) is 6.92 Å². The van der Waals surface area contributed by atoms with Crippen molar-refractivity contribution in [3.63, 3.8) is 0 Å². The van der Waals surface area contributed by atoms with Crippen molar-refractivity contribution in [2.45, 2.75) is 53.1 Å². The number of hydrogen-bond acceptors (Lipinski definition) is 3. The molecule has 0 aliphatic rings. The maximum Gasteiger partial charge on any atom is 0.129 e. The molecule has 0 aliphatic carbocycles. The summed E-state index contributed by atoms with van der Waals surface area (Å²) >= 11 is 0. The summed E-state index contributed by atoms with van der Waals surface area (Å²) < 4.78 is 5.47. The Morgan fingerprint density at radius 3 is 2.39 bits per heavy atom. The molecule has 0 rings (SSSR count). The molecule has 0 aromatic carbocycles. The minimum atomic E-state index is 0.0926. The van der Waals surface area contributed by atoms with Gasteiger partial charge in [-0.05, 0) is 33.1 Å². The lowest BCUT2D eigenvalue weighted by Crippen LogP contribution is -2.23. The molecule has 3 nitrogen and oxygen atoms in total. The molecule has 0 fully saturated rings. The highest BCUT2D eigenvalue weighted by Crippen LogP contribution is 2.09. The predicted octanol–water partition coefficient (Wildman–Crippen LogP) is 3.42. The van der Waals surface area contributed by atoms with Crippen molar-refractivity contribution in [2.24, 2.45) is 5.92 Å². The highest BCUT2D eigenvalue weighted by Gasteiger charge is 2.07. The van der Waals surface area contributed by atoms with Crippen LogP contribution < -0.4 is 5.32 Å². The van der Waals surface area contributed by atoms with Gasteiger partial charge < -0.3 is 14.8 Å². The molecule has 0 aromatic rings. The number of hydrogen-bond donors (Lipinski definition) is 1. The van der Waals surface area contributed by atoms with Crippen molar-refractivity contribution >= 4 is 5.78 Å². The molecule has 18 heavy (non-hydrogen) atoms. The second-order valence-electron chi connectivity index (χ2n) is 5.16. The first-order valence-electron chi connectivity index (χ1n) is 6.54. The normalized spacial score (nSPS) is 13.6. The Kier molecular flexibility index (Phi) is 8.17. The summed E-state index contributed by atoms with van der Waals surface area (Å²) in [5.41, 5.74) is 0.971. The van der Waals surface area contributed by atoms with Crippen LogP contribution in [0, 0.1) is 5.92 Å². The highest BCUT2D eigenvalue weighted by atomic mass is 16.5. The van der Waals surface area contributed by atoms with Gasteiger partial charge in [0, 0.05) is 25.1 Å². The van der Waals surface area contributed by atoms with Gasteiger partial charge >= 0.3 is 0 Å². The van der Waals surface area contributed by atoms with Crippen molar-refractivity contribution < 1.29 is 9.53 Å². The highest BCUT2D eigenvalue weighted by molar-refractivity contribution is 5.75. The maximum absolute atomic E-state index is 10.9. The van der Waals surface area contributed by atoms with Crippen LogP contribution >= 0.6 is 0 Å². The van der Waals surface area contributed by atoms with Gasteiger partial charge in [-0.2, -0.15) is 0 Å². The topological polar surface area (TPSA) is 38.3 Å². The number of ketones is 1. The van der Waals surface area contributed by atoms with Crippen LogP contribution in [0.3, 0.4) is 0 Å². The van der Waals surface area contributed by atoms with E-state index in [-0.39, 0.29) is 11.9 Å². The summed E-state index contributed by atoms with van der Waals surface area (Å²) in [6.07, 6.45) is 2.44. The van der Waals surface area contributed by atoms with Crippen LogP contribution in [0.5, 0.6) is 0 Å². The molecule has 1 N–H and O–H groups in total. The Morgan fingerprint density at radius 1 is 1.28 bits per heavy atom. The molecule has 2 unspecified atom stereocenters. The molecule has 0 saturated heterocycles. The van der Waals surface area contributed by atoms with E-state index in [2.05, 4.69) is 25.4 Å². The van der Waals surface area contributed by atoms with Crippen molar-refractivity contribution in [1.29, 1.82) is 0 Å². The molecular formula is C15H27NO2. The van der Waals surface area contributed by atoms with E-state index < -0.39 is 0 Å². The molecule has 0 amide bonds. The maximum atomic E-state index is 10.9. The first-order valence-corrected chi connectivity index (χ1v) is 6.54. The van der Waals surface area contributed by atoms with Crippen LogP contribution in [0.15, 0.2) is 24.6 Å². The summed E-state index contributed by atoms with van der Waals surface area (Å²) in [5, 5.41) is 3.29. The second-order valence-corrected chi connectivity index (χ2v) is 5.16. The molecule has 0 heterocycles. The van der Waals surface area contributed by atoms with Crippen LogP contribution in [-0.2, 0) is 9.53 Å². The van der Waals surface area contributed by atoms with E-state index in [0.29, 0.717) is 12.3 Å². The average molecular weight is 253 g/mol. The molecule has 3 heteroatoms. The zero-order chi connectivity index (χ0) is 14.1. The second kappa shape index (κ2) is 8.78. The van der Waals surface area contributed by atoms with Crippen molar-refractivity contribution in [1.82, 2.24) is 5.32 Å². The molecule has 0 aromatic heterocycles. The summed E-state index contributed by atoms with van der Waals surface area (Å²) in [6.45, 7) is 16.2. The van der Waals surface area contributed by atoms with E-state index in [0.717, 1.165) is 30.8 Å². The van der Waals surface area contributed by atoms with Gasteiger partial charge in [0.15, 0.2) is 0 Å². The summed E-state index contributed by atoms with van der Waals surface area (Å²) in [4.78, 5) is 10.9. The fourth-order valence-electron chi connectivity index (χ4n) is 1.67. The molecular weight excluding hydrogens is 226 g/mol. The van der Waals surface area contributed by atoms with Crippen molar-refractivity contribution in [3.05, 3.63) is 24.6 Å². The number of carbonyl (C=O) groups is 1. The number of nitrogens with one attached hydrogen (secondary N) is 1. The SMILES string of the molecule is C=C(CC(C)OC(=C)C)NCC(C)CCC(C)=O. The number of Topliss-reactive ketones (excluding diaryl/α,β-unsaturated/α-hetero) is 1. The monoisotopic (exact) mass is 253 g/mol. The molecule has 0 aliphatic heterocycles. The van der Waals surface area contributed by atoms with Crippen molar-refractivity contribution in [2.75, 3.05) is 6.54 Å². The average Bonchev–Trinajstić information content (AvgIpc) is 2.22. The molecule has 0 saturated carbocycles. The van der Waals surface area contributed by atoms with E-state index in [1.807, 2.05) is 13.8 Å². The predicted molar refractivity (Wildman–Crippen MR) is 76.2 cm³/mol. The Balaban J connectivity index is 3.75. The lowest BCUT2D eigenvalue weighted by atomic mass is 10.0. The van der Waals surface area contributed by atoms with Crippen LogP contribution in [-0.4, -0.2) is 18.4 Å². The Bertz CT molecular complexity index is 297. The summed E-state index contributed by atoms with van der Waals surface area (Å²) in [7, 11) is 0. The van der Waals surface area contributed by atoms with Gasteiger partial charge in [0.2, 0.25) is 0 Å². The summed E-state index contributed by atoms with van der Waals surface area (Å²) in [5.74, 6) is 1.46. The van der Waals surface area contributed by atoms with E-state index in [1.165, 1.54) is 0 Å². The van der Waals surface area contributed by atoms with Crippen LogP contribution in [0.1, 0.15) is 47.0 Å². The first-order chi connectivity index (χ1) is 8.31. The number of ether oxygens (including phenoxy) is 1. The standard InChI is InChI=1S/C15H27NO2/c1-11(2)18-15(6)9-13(4)16-10-12(3)7-8-14(5)17/h12,15-16H,1,4,7-10H2,2-3,5-6H3. The lowest BCUT2D eigenvalue weighted by Gasteiger charge is -2.18. The number of rotatable bonds is 10. The smallest absolute Gasteiger partial charge is 0.129 e. The Labute approximate surface area is 111 Å². The van der Waals surface area contributed by atoms with Gasteiger partial charge in [0.05, 0.1) is 5.76 Å². The number of carbonyl (C=O) groups excluding carboxylic acids is 1. The third-order valence-electron chi connectivity index (χ3n) is 2.63. The van der Waals surface area contributed by atoms with Crippen LogP contribution in [0.4, 0.5) is 0 Å². The van der Waals surface area contributed by atoms with Gasteiger partial charge in [-0.3, -0.25) is 0 Å². The quantitative estimate of drug-likeness (QED) is 0.606. The fraction of sp³-hybridized carbons (Fsp3) is 0.667. The molecule has 0 spiro atoms. The third kappa shape index (κ3) is 9.94. The third-order valence-corrected chi connectivity index (χ3v) is 2.63. The Hall–Kier alpha value is -1.25. The van der Waals surface area contributed by atoms with Gasteiger partial charge in [0.25, 0.3) is 0 Å². The fourth-order valence-corrected chi connectivity index (χ4v) is 1.67. The zero-order valence-electron chi connectivity index (χ0n) is 12.2. The van der Waals surface area contributed by atoms with Crippen LogP contribution in [0.25, 0.3) is 0 Å². The molecule has 2 atom stereocenters. The van der Waals surface area contributed by atoms with Crippen molar-refractivity contribution in [3.8, 4) is 0 Å². The molecule has 0 radical (unpaired) electrons. The van der Waals surface area contributed by atoms with E-state index in [4.69, 9.17) is 4.74 Å².